The second-order valence-corrected chi connectivity index (χ2v) is 6.98. The maximum Gasteiger partial charge on any atom is 0.275 e. The molecule has 5 heteroatoms. The molecule has 0 aliphatic carbocycles. The molecule has 25 heavy (non-hydrogen) atoms. The number of hydrogen-bond donors (Lipinski definition) is 0. The van der Waals surface area contributed by atoms with Crippen molar-refractivity contribution in [1.29, 1.82) is 0 Å². The molecule has 4 nitrogen and oxygen atoms in total. The second-order valence-electron chi connectivity index (χ2n) is 6.37. The fourth-order valence-corrected chi connectivity index (χ4v) is 4.19. The molecule has 4 rings (SSSR count). The first-order valence-corrected chi connectivity index (χ1v) is 9.30. The molecule has 1 aromatic heterocycles. The first-order chi connectivity index (χ1) is 12.3. The summed E-state index contributed by atoms with van der Waals surface area (Å²) in [6.07, 6.45) is 0.854. The summed E-state index contributed by atoms with van der Waals surface area (Å²) < 4.78 is 3.85. The minimum atomic E-state index is -0.0324. The fraction of sp³-hybridized carbons (Fsp3) is 0.250. The Morgan fingerprint density at radius 3 is 2.64 bits per heavy atom. The monoisotopic (exact) mass is 349 g/mol. The number of benzene rings is 2. The molecule has 1 aliphatic rings. The maximum absolute atomic E-state index is 13.0. The van der Waals surface area contributed by atoms with Gasteiger partial charge in [0.05, 0.1) is 0 Å². The quantitative estimate of drug-likeness (QED) is 0.708. The van der Waals surface area contributed by atoms with Crippen LogP contribution in [-0.2, 0) is 6.42 Å². The van der Waals surface area contributed by atoms with Crippen molar-refractivity contribution in [2.24, 2.45) is 0 Å². The summed E-state index contributed by atoms with van der Waals surface area (Å²) in [7, 11) is 0. The summed E-state index contributed by atoms with van der Waals surface area (Å²) in [5, 5.41) is 5.71. The Balaban J connectivity index is 1.79. The molecule has 2 aromatic carbocycles. The van der Waals surface area contributed by atoms with Crippen molar-refractivity contribution in [2.75, 3.05) is 6.54 Å². The van der Waals surface area contributed by atoms with Gasteiger partial charge < -0.3 is 4.90 Å². The van der Waals surface area contributed by atoms with E-state index in [2.05, 4.69) is 65.0 Å². The third-order valence-electron chi connectivity index (χ3n) is 4.98. The highest BCUT2D eigenvalue weighted by molar-refractivity contribution is 7.03. The van der Waals surface area contributed by atoms with E-state index in [1.54, 1.807) is 5.38 Å². The lowest BCUT2D eigenvalue weighted by molar-refractivity contribution is 0.0681. The Morgan fingerprint density at radius 2 is 1.88 bits per heavy atom. The molecule has 0 N–H and O–H groups in total. The van der Waals surface area contributed by atoms with Crippen LogP contribution >= 0.6 is 11.5 Å². The number of carbonyl (C=O) groups excluding carboxylic acids is 1. The Morgan fingerprint density at radius 1 is 1.12 bits per heavy atom. The minimum Gasteiger partial charge on any atom is -0.333 e. The number of hydrogen-bond acceptors (Lipinski definition) is 4. The van der Waals surface area contributed by atoms with Crippen LogP contribution in [-0.4, -0.2) is 33.0 Å². The lowest BCUT2D eigenvalue weighted by atomic mass is 9.83. The van der Waals surface area contributed by atoms with Gasteiger partial charge in [0.2, 0.25) is 0 Å². The number of amides is 1. The van der Waals surface area contributed by atoms with Gasteiger partial charge in [-0.25, -0.2) is 0 Å². The Kier molecular flexibility index (Phi) is 4.32. The van der Waals surface area contributed by atoms with Crippen molar-refractivity contribution in [1.82, 2.24) is 14.5 Å². The first-order valence-electron chi connectivity index (χ1n) is 8.46. The molecule has 1 amide bonds. The van der Waals surface area contributed by atoms with E-state index < -0.39 is 0 Å². The summed E-state index contributed by atoms with van der Waals surface area (Å²) in [6, 6.07) is 19.0. The van der Waals surface area contributed by atoms with Gasteiger partial charge >= 0.3 is 0 Å². The van der Waals surface area contributed by atoms with E-state index in [1.165, 1.54) is 28.2 Å². The normalized spacial score (nSPS) is 20.0. The van der Waals surface area contributed by atoms with E-state index >= 15 is 0 Å². The van der Waals surface area contributed by atoms with Crippen molar-refractivity contribution in [3.05, 3.63) is 82.4 Å². The van der Waals surface area contributed by atoms with Gasteiger partial charge in [0.1, 0.15) is 0 Å². The van der Waals surface area contributed by atoms with Crippen LogP contribution in [0.5, 0.6) is 0 Å². The molecule has 0 fully saturated rings. The van der Waals surface area contributed by atoms with Crippen molar-refractivity contribution in [3.8, 4) is 0 Å². The van der Waals surface area contributed by atoms with E-state index in [0.29, 0.717) is 12.2 Å². The highest BCUT2D eigenvalue weighted by Gasteiger charge is 2.34. The molecule has 2 unspecified atom stereocenters. The molecule has 0 radical (unpaired) electrons. The van der Waals surface area contributed by atoms with Gasteiger partial charge in [-0.3, -0.25) is 4.79 Å². The van der Waals surface area contributed by atoms with Crippen LogP contribution < -0.4 is 0 Å². The molecule has 0 bridgehead atoms. The zero-order valence-electron chi connectivity index (χ0n) is 14.0. The Hall–Kier alpha value is -2.53. The smallest absolute Gasteiger partial charge is 0.275 e. The van der Waals surface area contributed by atoms with Gasteiger partial charge in [-0.1, -0.05) is 59.1 Å². The molecule has 0 saturated heterocycles. The predicted octanol–water partition coefficient (Wildman–Crippen LogP) is 3.76. The summed E-state index contributed by atoms with van der Waals surface area (Å²) in [4.78, 5) is 14.9. The molecule has 126 valence electrons. The van der Waals surface area contributed by atoms with Gasteiger partial charge in [0.25, 0.3) is 5.91 Å². The summed E-state index contributed by atoms with van der Waals surface area (Å²) in [6.45, 7) is 2.83. The third-order valence-corrected chi connectivity index (χ3v) is 5.49. The van der Waals surface area contributed by atoms with Crippen molar-refractivity contribution >= 4 is 17.4 Å². The molecule has 3 aromatic rings. The number of rotatable bonds is 2. The maximum atomic E-state index is 13.0. The van der Waals surface area contributed by atoms with Gasteiger partial charge in [0, 0.05) is 23.9 Å². The average Bonchev–Trinajstić information content (AvgIpc) is 3.14. The van der Waals surface area contributed by atoms with E-state index in [4.69, 9.17) is 0 Å². The molecule has 0 spiro atoms. The van der Waals surface area contributed by atoms with Gasteiger partial charge in [-0.2, -0.15) is 0 Å². The van der Waals surface area contributed by atoms with E-state index in [1.807, 2.05) is 11.0 Å². The first kappa shape index (κ1) is 16.0. The largest absolute Gasteiger partial charge is 0.333 e. The molecule has 0 saturated carbocycles. The second kappa shape index (κ2) is 6.76. The fourth-order valence-electron chi connectivity index (χ4n) is 3.76. The van der Waals surface area contributed by atoms with Crippen LogP contribution in [0.2, 0.25) is 0 Å². The number of nitrogens with zero attached hydrogens (tertiary/aromatic N) is 3. The Labute approximate surface area is 151 Å². The zero-order chi connectivity index (χ0) is 17.2. The van der Waals surface area contributed by atoms with Crippen molar-refractivity contribution in [3.63, 3.8) is 0 Å². The molecule has 2 atom stereocenters. The van der Waals surface area contributed by atoms with Gasteiger partial charge in [0.15, 0.2) is 5.69 Å². The minimum absolute atomic E-state index is 0.0324. The summed E-state index contributed by atoms with van der Waals surface area (Å²) >= 11 is 1.21. The standard InChI is InChI=1S/C20H19N3OS/c1-14-19(16-8-3-2-4-9-16)17-10-6-5-7-15(17)11-12-23(14)20(24)18-13-25-22-21-18/h2-10,13-14,19H,11-12H2,1H3. The molecular formula is C20H19N3OS. The van der Waals surface area contributed by atoms with Gasteiger partial charge in [-0.05, 0) is 41.6 Å². The topological polar surface area (TPSA) is 46.1 Å². The van der Waals surface area contributed by atoms with Crippen molar-refractivity contribution in [2.45, 2.75) is 25.3 Å². The van der Waals surface area contributed by atoms with E-state index in [0.717, 1.165) is 6.42 Å². The van der Waals surface area contributed by atoms with Crippen LogP contribution in [0.25, 0.3) is 0 Å². The molecular weight excluding hydrogens is 330 g/mol. The number of aromatic nitrogens is 2. The van der Waals surface area contributed by atoms with Crippen LogP contribution in [0.3, 0.4) is 0 Å². The Bertz CT molecular complexity index is 864. The number of fused-ring (bicyclic) bond motifs is 1. The highest BCUT2D eigenvalue weighted by atomic mass is 32.1. The third kappa shape index (κ3) is 2.96. The van der Waals surface area contributed by atoms with Crippen LogP contribution in [0.15, 0.2) is 60.0 Å². The van der Waals surface area contributed by atoms with E-state index in [9.17, 15) is 4.79 Å². The van der Waals surface area contributed by atoms with Crippen LogP contribution in [0.4, 0.5) is 0 Å². The average molecular weight is 349 g/mol. The zero-order valence-corrected chi connectivity index (χ0v) is 14.8. The van der Waals surface area contributed by atoms with Gasteiger partial charge in [-0.15, -0.1) is 5.10 Å². The van der Waals surface area contributed by atoms with Crippen LogP contribution in [0, 0.1) is 0 Å². The van der Waals surface area contributed by atoms with E-state index in [-0.39, 0.29) is 17.9 Å². The highest BCUT2D eigenvalue weighted by Crippen LogP contribution is 2.36. The molecule has 2 heterocycles. The SMILES string of the molecule is CC1C(c2ccccc2)c2ccccc2CCN1C(=O)c1csnn1. The predicted molar refractivity (Wildman–Crippen MR) is 98.8 cm³/mol. The summed E-state index contributed by atoms with van der Waals surface area (Å²) in [5.41, 5.74) is 4.30. The number of carbonyl (C=O) groups is 1. The van der Waals surface area contributed by atoms with Crippen LogP contribution in [0.1, 0.15) is 40.0 Å². The summed E-state index contributed by atoms with van der Waals surface area (Å²) in [5.74, 6) is 0.116. The lowest BCUT2D eigenvalue weighted by Crippen LogP contribution is -2.42. The lowest BCUT2D eigenvalue weighted by Gasteiger charge is -2.33. The van der Waals surface area contributed by atoms with Crippen molar-refractivity contribution < 1.29 is 4.79 Å². The molecule has 1 aliphatic heterocycles.